The van der Waals surface area contributed by atoms with Gasteiger partial charge in [-0.25, -0.2) is 0 Å². The number of rotatable bonds is 10. The smallest absolute Gasteiger partial charge is 0.0329 e. The Morgan fingerprint density at radius 3 is 1.47 bits per heavy atom. The molecule has 0 heteroatoms. The average Bonchev–Trinajstić information content (AvgIpc) is 2.18. The van der Waals surface area contributed by atoms with Gasteiger partial charge in [0.15, 0.2) is 0 Å². The fourth-order valence-corrected chi connectivity index (χ4v) is 2.19. The van der Waals surface area contributed by atoms with Gasteiger partial charge < -0.3 is 0 Å². The Balaban J connectivity index is 3.35. The molecule has 0 heterocycles. The van der Waals surface area contributed by atoms with Crippen molar-refractivity contribution in [2.75, 3.05) is 0 Å². The maximum Gasteiger partial charge on any atom is -0.0329 e. The molecule has 15 heavy (non-hydrogen) atoms. The molecule has 0 aliphatic rings. The maximum atomic E-state index is 2.57. The Morgan fingerprint density at radius 2 is 1.13 bits per heavy atom. The molecule has 2 unspecified atom stereocenters. The Labute approximate surface area is 97.8 Å². The largest absolute Gasteiger partial charge is 0.0654 e. The first-order valence-electron chi connectivity index (χ1n) is 7.05. The third-order valence-corrected chi connectivity index (χ3v) is 3.18. The van der Waals surface area contributed by atoms with Gasteiger partial charge in [-0.15, -0.1) is 0 Å². The monoisotopic (exact) mass is 211 g/mol. The van der Waals surface area contributed by atoms with Crippen molar-refractivity contribution in [2.24, 2.45) is 11.8 Å². The molecular formula is C15H31. The van der Waals surface area contributed by atoms with Gasteiger partial charge in [0.1, 0.15) is 0 Å². The molecule has 0 saturated heterocycles. The number of hydrogen-bond acceptors (Lipinski definition) is 0. The van der Waals surface area contributed by atoms with E-state index < -0.39 is 0 Å². The van der Waals surface area contributed by atoms with Gasteiger partial charge in [0, 0.05) is 0 Å². The molecule has 0 spiro atoms. The lowest BCUT2D eigenvalue weighted by Crippen LogP contribution is -2.04. The van der Waals surface area contributed by atoms with Crippen LogP contribution in [0.25, 0.3) is 0 Å². The van der Waals surface area contributed by atoms with E-state index in [0.717, 1.165) is 11.8 Å². The summed E-state index contributed by atoms with van der Waals surface area (Å²) in [5.74, 6) is 1.65. The highest BCUT2D eigenvalue weighted by atomic mass is 14.1. The molecule has 2 atom stereocenters. The molecule has 0 saturated carbocycles. The molecule has 0 aromatic heterocycles. The van der Waals surface area contributed by atoms with Crippen molar-refractivity contribution in [3.8, 4) is 0 Å². The quantitative estimate of drug-likeness (QED) is 0.411. The molecule has 0 aliphatic carbocycles. The van der Waals surface area contributed by atoms with Crippen molar-refractivity contribution in [1.29, 1.82) is 0 Å². The van der Waals surface area contributed by atoms with Gasteiger partial charge in [-0.3, -0.25) is 0 Å². The summed E-state index contributed by atoms with van der Waals surface area (Å²) in [5.41, 5.74) is 0. The second kappa shape index (κ2) is 10.5. The topological polar surface area (TPSA) is 0 Å². The van der Waals surface area contributed by atoms with Crippen LogP contribution in [0.4, 0.5) is 0 Å². The molecule has 0 aromatic rings. The van der Waals surface area contributed by atoms with Gasteiger partial charge >= 0.3 is 0 Å². The minimum Gasteiger partial charge on any atom is -0.0654 e. The highest BCUT2D eigenvalue weighted by Gasteiger charge is 2.08. The second-order valence-corrected chi connectivity index (χ2v) is 5.14. The Morgan fingerprint density at radius 1 is 0.733 bits per heavy atom. The zero-order valence-corrected chi connectivity index (χ0v) is 11.4. The Bertz CT molecular complexity index is 103. The second-order valence-electron chi connectivity index (χ2n) is 5.14. The standard InChI is InChI=1S/C15H31/c1-5-7-9-11-14(3)13-15(4)12-10-8-6-2/h13-15H,5-12H2,1-4H3. The summed E-state index contributed by atoms with van der Waals surface area (Å²) in [4.78, 5) is 0. The van der Waals surface area contributed by atoms with E-state index in [0.29, 0.717) is 0 Å². The number of unbranched alkanes of at least 4 members (excludes halogenated alkanes) is 4. The van der Waals surface area contributed by atoms with Crippen LogP contribution in [0.5, 0.6) is 0 Å². The van der Waals surface area contributed by atoms with Gasteiger partial charge in [-0.05, 0) is 18.3 Å². The maximum absolute atomic E-state index is 2.57. The summed E-state index contributed by atoms with van der Waals surface area (Å²) in [7, 11) is 0. The predicted octanol–water partition coefficient (Wildman–Crippen LogP) is 5.62. The molecule has 0 N–H and O–H groups in total. The molecular weight excluding hydrogens is 180 g/mol. The Hall–Kier alpha value is 0. The van der Waals surface area contributed by atoms with Crippen molar-refractivity contribution in [1.82, 2.24) is 0 Å². The van der Waals surface area contributed by atoms with Crippen LogP contribution in [0.2, 0.25) is 0 Å². The summed E-state index contributed by atoms with van der Waals surface area (Å²) < 4.78 is 0. The van der Waals surface area contributed by atoms with Gasteiger partial charge in [0.25, 0.3) is 0 Å². The molecule has 0 bridgehead atoms. The molecule has 0 aliphatic heterocycles. The van der Waals surface area contributed by atoms with Gasteiger partial charge in [0.2, 0.25) is 0 Å². The van der Waals surface area contributed by atoms with Crippen LogP contribution in [0, 0.1) is 18.3 Å². The zero-order valence-electron chi connectivity index (χ0n) is 11.4. The molecule has 0 amide bonds. The molecule has 0 rings (SSSR count). The lowest BCUT2D eigenvalue weighted by atomic mass is 9.90. The normalized spacial score (nSPS) is 15.2. The van der Waals surface area contributed by atoms with E-state index in [1.165, 1.54) is 51.4 Å². The lowest BCUT2D eigenvalue weighted by molar-refractivity contribution is 0.457. The summed E-state index contributed by atoms with van der Waals surface area (Å²) in [6, 6.07) is 0. The number of hydrogen-bond donors (Lipinski definition) is 0. The van der Waals surface area contributed by atoms with Crippen LogP contribution in [0.15, 0.2) is 0 Å². The van der Waals surface area contributed by atoms with Crippen molar-refractivity contribution >= 4 is 0 Å². The van der Waals surface area contributed by atoms with E-state index in [4.69, 9.17) is 0 Å². The first-order valence-corrected chi connectivity index (χ1v) is 7.05. The van der Waals surface area contributed by atoms with Crippen LogP contribution in [-0.2, 0) is 0 Å². The fraction of sp³-hybridized carbons (Fsp3) is 0.933. The van der Waals surface area contributed by atoms with Crippen LogP contribution in [-0.4, -0.2) is 0 Å². The van der Waals surface area contributed by atoms with E-state index in [2.05, 4.69) is 34.1 Å². The van der Waals surface area contributed by atoms with Crippen LogP contribution in [0.1, 0.15) is 79.1 Å². The van der Waals surface area contributed by atoms with Gasteiger partial charge in [-0.2, -0.15) is 0 Å². The SMILES string of the molecule is CCCCCC(C)[CH]C(C)CCCCC. The summed E-state index contributed by atoms with van der Waals surface area (Å²) in [5, 5.41) is 0. The van der Waals surface area contributed by atoms with Gasteiger partial charge in [0.05, 0.1) is 0 Å². The summed E-state index contributed by atoms with van der Waals surface area (Å²) >= 11 is 0. The van der Waals surface area contributed by atoms with E-state index in [9.17, 15) is 0 Å². The van der Waals surface area contributed by atoms with E-state index >= 15 is 0 Å². The van der Waals surface area contributed by atoms with E-state index in [1.807, 2.05) is 0 Å². The van der Waals surface area contributed by atoms with Crippen LogP contribution < -0.4 is 0 Å². The predicted molar refractivity (Wildman–Crippen MR) is 70.9 cm³/mol. The van der Waals surface area contributed by atoms with Crippen molar-refractivity contribution in [3.63, 3.8) is 0 Å². The molecule has 0 aromatic carbocycles. The van der Waals surface area contributed by atoms with Crippen molar-refractivity contribution < 1.29 is 0 Å². The average molecular weight is 211 g/mol. The first kappa shape index (κ1) is 15.0. The lowest BCUT2D eigenvalue weighted by Gasteiger charge is -2.16. The fourth-order valence-electron chi connectivity index (χ4n) is 2.19. The van der Waals surface area contributed by atoms with E-state index in [-0.39, 0.29) is 0 Å². The van der Waals surface area contributed by atoms with Crippen LogP contribution in [0.3, 0.4) is 0 Å². The van der Waals surface area contributed by atoms with E-state index in [1.54, 1.807) is 0 Å². The first-order chi connectivity index (χ1) is 7.20. The summed E-state index contributed by atoms with van der Waals surface area (Å²) in [6.45, 7) is 9.32. The van der Waals surface area contributed by atoms with Crippen molar-refractivity contribution in [3.05, 3.63) is 6.42 Å². The molecule has 0 fully saturated rings. The van der Waals surface area contributed by atoms with Crippen molar-refractivity contribution in [2.45, 2.75) is 79.1 Å². The Kier molecular flexibility index (Phi) is 10.5. The third-order valence-electron chi connectivity index (χ3n) is 3.18. The minimum absolute atomic E-state index is 0.827. The summed E-state index contributed by atoms with van der Waals surface area (Å²) in [6.07, 6.45) is 13.7. The molecule has 91 valence electrons. The highest BCUT2D eigenvalue weighted by Crippen LogP contribution is 2.21. The highest BCUT2D eigenvalue weighted by molar-refractivity contribution is 4.78. The molecule has 1 radical (unpaired) electrons. The zero-order chi connectivity index (χ0) is 11.5. The third kappa shape index (κ3) is 10.3. The molecule has 0 nitrogen and oxygen atoms in total. The van der Waals surface area contributed by atoms with Crippen LogP contribution >= 0.6 is 0 Å². The minimum atomic E-state index is 0.827. The van der Waals surface area contributed by atoms with Gasteiger partial charge in [-0.1, -0.05) is 79.1 Å².